The van der Waals surface area contributed by atoms with E-state index >= 15 is 0 Å². The lowest BCUT2D eigenvalue weighted by Gasteiger charge is -2.21. The number of hydrogen-bond acceptors (Lipinski definition) is 6. The molecule has 11 heteroatoms. The molecule has 0 unspecified atom stereocenters. The molecule has 0 amide bonds. The highest BCUT2D eigenvalue weighted by atomic mass is 32.2. The first-order valence-corrected chi connectivity index (χ1v) is 13.8. The fourth-order valence-electron chi connectivity index (χ4n) is 4.92. The van der Waals surface area contributed by atoms with Gasteiger partial charge >= 0.3 is 5.97 Å². The molecule has 3 aromatic heterocycles. The molecule has 2 aliphatic rings. The number of ether oxygens (including phenoxy) is 1. The zero-order valence-corrected chi connectivity index (χ0v) is 21.1. The van der Waals surface area contributed by atoms with Crippen molar-refractivity contribution in [3.63, 3.8) is 0 Å². The van der Waals surface area contributed by atoms with Crippen LogP contribution < -0.4 is 9.04 Å². The summed E-state index contributed by atoms with van der Waals surface area (Å²) < 4.78 is 36.1. The number of benzene rings is 1. The summed E-state index contributed by atoms with van der Waals surface area (Å²) in [5.74, 6) is 1.01. The molecule has 4 aromatic rings. The predicted molar refractivity (Wildman–Crippen MR) is 136 cm³/mol. The number of carbonyl (C=O) groups is 1. The molecule has 1 N–H and O–H groups in total. The quantitative estimate of drug-likeness (QED) is 0.385. The Bertz CT molecular complexity index is 1650. The van der Waals surface area contributed by atoms with Gasteiger partial charge in [0.2, 0.25) is 10.0 Å². The van der Waals surface area contributed by atoms with Crippen LogP contribution in [0.1, 0.15) is 36.0 Å². The highest BCUT2D eigenvalue weighted by molar-refractivity contribution is 7.92. The maximum absolute atomic E-state index is 12.5. The number of nitrogens with zero attached hydrogens (tertiary/aromatic N) is 5. The van der Waals surface area contributed by atoms with Gasteiger partial charge in [0.25, 0.3) is 0 Å². The molecule has 0 radical (unpaired) electrons. The average Bonchev–Trinajstić information content (AvgIpc) is 3.75. The van der Waals surface area contributed by atoms with Gasteiger partial charge in [0.05, 0.1) is 30.1 Å². The summed E-state index contributed by atoms with van der Waals surface area (Å²) >= 11 is 0. The molecule has 36 heavy (non-hydrogen) atoms. The first-order valence-electron chi connectivity index (χ1n) is 11.9. The number of fused-ring (bicyclic) bond motifs is 2. The van der Waals surface area contributed by atoms with E-state index in [9.17, 15) is 18.3 Å². The first-order chi connectivity index (χ1) is 17.2. The van der Waals surface area contributed by atoms with E-state index in [-0.39, 0.29) is 11.6 Å². The van der Waals surface area contributed by atoms with Crippen LogP contribution in [0.5, 0.6) is 5.75 Å². The lowest BCUT2D eigenvalue weighted by molar-refractivity contribution is 0.0696. The van der Waals surface area contributed by atoms with E-state index in [0.717, 1.165) is 43.3 Å². The smallest absolute Gasteiger partial charge is 0.335 e. The Morgan fingerprint density at radius 1 is 1.17 bits per heavy atom. The van der Waals surface area contributed by atoms with E-state index in [1.165, 1.54) is 23.7 Å². The molecule has 0 aliphatic heterocycles. The molecule has 0 atom stereocenters. The molecule has 2 saturated carbocycles. The number of hydrogen-bond donors (Lipinski definition) is 1. The van der Waals surface area contributed by atoms with Crippen LogP contribution in [0.15, 0.2) is 30.3 Å². The molecule has 0 spiro atoms. The number of methoxy groups -OCH3 is 1. The number of sulfonamides is 1. The highest BCUT2D eigenvalue weighted by Crippen LogP contribution is 2.39. The van der Waals surface area contributed by atoms with Crippen molar-refractivity contribution in [2.75, 3.05) is 17.7 Å². The Morgan fingerprint density at radius 3 is 2.53 bits per heavy atom. The third-order valence-corrected chi connectivity index (χ3v) is 8.16. The summed E-state index contributed by atoms with van der Waals surface area (Å²) in [6, 6.07) is 8.71. The van der Waals surface area contributed by atoms with Gasteiger partial charge in [-0.25, -0.2) is 23.2 Å². The van der Waals surface area contributed by atoms with Crippen LogP contribution in [0.4, 0.5) is 5.82 Å². The second-order valence-electron chi connectivity index (χ2n) is 9.80. The van der Waals surface area contributed by atoms with E-state index in [1.54, 1.807) is 12.1 Å². The van der Waals surface area contributed by atoms with Crippen molar-refractivity contribution in [3.8, 4) is 17.3 Å². The summed E-state index contributed by atoms with van der Waals surface area (Å²) in [6.07, 6.45) is 5.16. The molecular weight excluding hydrogens is 482 g/mol. The van der Waals surface area contributed by atoms with Gasteiger partial charge in [-0.3, -0.25) is 4.31 Å². The summed E-state index contributed by atoms with van der Waals surface area (Å²) in [5.41, 5.74) is 2.89. The standard InChI is InChI=1S/C25H27N5O5S/c1-28-22-18(10-16(25(31)32)12-20(22)35-2)26-24(28)19-11-15-6-9-21(30(17-7-8-17)36(3,33)34)27-23(15)29(19)13-14-4-5-14/h6,9-12,14,17H,4-5,7-8,13H2,1-3H3,(H,31,32). The fourth-order valence-corrected chi connectivity index (χ4v) is 6.12. The molecule has 3 heterocycles. The van der Waals surface area contributed by atoms with Crippen LogP contribution in [-0.4, -0.2) is 58.0 Å². The largest absolute Gasteiger partial charge is 0.494 e. The number of rotatable bonds is 8. The van der Waals surface area contributed by atoms with Gasteiger partial charge in [-0.2, -0.15) is 0 Å². The summed E-state index contributed by atoms with van der Waals surface area (Å²) in [5, 5.41) is 10.4. The van der Waals surface area contributed by atoms with Crippen molar-refractivity contribution in [2.24, 2.45) is 13.0 Å². The van der Waals surface area contributed by atoms with Crippen molar-refractivity contribution >= 4 is 43.9 Å². The fraction of sp³-hybridized carbons (Fsp3) is 0.400. The number of aromatic carboxylic acids is 1. The van der Waals surface area contributed by atoms with Gasteiger partial charge in [0.15, 0.2) is 5.82 Å². The van der Waals surface area contributed by atoms with Crippen molar-refractivity contribution in [3.05, 3.63) is 35.9 Å². The van der Waals surface area contributed by atoms with Crippen molar-refractivity contribution in [1.29, 1.82) is 0 Å². The monoisotopic (exact) mass is 509 g/mol. The molecule has 2 aliphatic carbocycles. The Hall–Kier alpha value is -3.60. The summed E-state index contributed by atoms with van der Waals surface area (Å²) in [6.45, 7) is 0.748. The molecular formula is C25H27N5O5S. The highest BCUT2D eigenvalue weighted by Gasteiger charge is 2.36. The molecule has 188 valence electrons. The van der Waals surface area contributed by atoms with Gasteiger partial charge in [0.1, 0.15) is 22.7 Å². The van der Waals surface area contributed by atoms with E-state index in [2.05, 4.69) is 4.57 Å². The minimum atomic E-state index is -3.45. The molecule has 0 saturated heterocycles. The van der Waals surface area contributed by atoms with Crippen molar-refractivity contribution < 1.29 is 23.1 Å². The van der Waals surface area contributed by atoms with Crippen LogP contribution in [-0.2, 0) is 23.6 Å². The second kappa shape index (κ2) is 7.95. The molecule has 6 rings (SSSR count). The van der Waals surface area contributed by atoms with E-state index in [4.69, 9.17) is 14.7 Å². The lowest BCUT2D eigenvalue weighted by atomic mass is 10.2. The van der Waals surface area contributed by atoms with Gasteiger partial charge in [-0.15, -0.1) is 0 Å². The summed E-state index contributed by atoms with van der Waals surface area (Å²) in [4.78, 5) is 21.3. The Labute approximate surface area is 208 Å². The van der Waals surface area contributed by atoms with Crippen LogP contribution in [0.25, 0.3) is 33.6 Å². The number of carboxylic acids is 1. The number of anilines is 1. The molecule has 0 bridgehead atoms. The summed E-state index contributed by atoms with van der Waals surface area (Å²) in [7, 11) is -0.0629. The van der Waals surface area contributed by atoms with Gasteiger partial charge in [-0.1, -0.05) is 0 Å². The topological polar surface area (TPSA) is 120 Å². The Kier molecular flexibility index (Phi) is 5.05. The minimum Gasteiger partial charge on any atom is -0.494 e. The normalized spacial score (nSPS) is 16.1. The SMILES string of the molecule is COc1cc(C(=O)O)cc2nc(-c3cc4ccc(N(C5CC5)S(C)(=O)=O)nc4n3CC3CC3)n(C)c12. The van der Waals surface area contributed by atoms with Gasteiger partial charge in [0, 0.05) is 25.0 Å². The predicted octanol–water partition coefficient (Wildman–Crippen LogP) is 3.64. The third-order valence-electron chi connectivity index (χ3n) is 6.96. The van der Waals surface area contributed by atoms with Gasteiger partial charge < -0.3 is 19.0 Å². The first kappa shape index (κ1) is 22.8. The minimum absolute atomic E-state index is 0.0352. The third kappa shape index (κ3) is 3.78. The number of aromatic nitrogens is 4. The second-order valence-corrected chi connectivity index (χ2v) is 11.7. The van der Waals surface area contributed by atoms with E-state index in [0.29, 0.717) is 40.0 Å². The van der Waals surface area contributed by atoms with Crippen molar-refractivity contribution in [2.45, 2.75) is 38.3 Å². The number of pyridine rings is 1. The number of aryl methyl sites for hydroxylation is 1. The number of carboxylic acid groups (broad SMARTS) is 1. The van der Waals surface area contributed by atoms with Gasteiger partial charge in [-0.05, 0) is 61.9 Å². The van der Waals surface area contributed by atoms with Crippen LogP contribution >= 0.6 is 0 Å². The Balaban J connectivity index is 1.56. The maximum atomic E-state index is 12.5. The van der Waals surface area contributed by atoms with Crippen LogP contribution in [0.3, 0.4) is 0 Å². The van der Waals surface area contributed by atoms with E-state index < -0.39 is 16.0 Å². The van der Waals surface area contributed by atoms with Crippen molar-refractivity contribution in [1.82, 2.24) is 19.1 Å². The zero-order valence-electron chi connectivity index (χ0n) is 20.3. The molecule has 2 fully saturated rings. The average molecular weight is 510 g/mol. The zero-order chi connectivity index (χ0) is 25.4. The van der Waals surface area contributed by atoms with E-state index in [1.807, 2.05) is 23.7 Å². The lowest BCUT2D eigenvalue weighted by Crippen LogP contribution is -2.32. The Morgan fingerprint density at radius 2 is 1.92 bits per heavy atom. The molecule has 10 nitrogen and oxygen atoms in total. The van der Waals surface area contributed by atoms with Crippen LogP contribution in [0.2, 0.25) is 0 Å². The maximum Gasteiger partial charge on any atom is 0.335 e. The molecule has 1 aromatic carbocycles. The van der Waals surface area contributed by atoms with Crippen LogP contribution in [0, 0.1) is 5.92 Å². The number of imidazole rings is 1.